The van der Waals surface area contributed by atoms with Gasteiger partial charge in [0, 0.05) is 25.5 Å². The monoisotopic (exact) mass is 537 g/mol. The molecule has 6 rings (SSSR count). The van der Waals surface area contributed by atoms with E-state index in [1.165, 1.54) is 38.8 Å². The number of nitrogens with zero attached hydrogens (tertiary/aromatic N) is 1. The fourth-order valence-electron chi connectivity index (χ4n) is 4.72. The maximum absolute atomic E-state index is 4.96. The molecule has 0 bridgehead atoms. The Kier molecular flexibility index (Phi) is 3.75. The third-order valence-electron chi connectivity index (χ3n) is 6.13. The topological polar surface area (TPSA) is 12.9 Å². The number of pyridine rings is 1. The number of aromatic nitrogens is 1. The van der Waals surface area contributed by atoms with Crippen LogP contribution >= 0.6 is 0 Å². The van der Waals surface area contributed by atoms with Crippen molar-refractivity contribution < 1.29 is 20.1 Å². The van der Waals surface area contributed by atoms with Crippen LogP contribution in [0.15, 0.2) is 60.7 Å². The quantitative estimate of drug-likeness (QED) is 0.223. The van der Waals surface area contributed by atoms with Gasteiger partial charge in [-0.2, -0.15) is 0 Å². The summed E-state index contributed by atoms with van der Waals surface area (Å²) in [6.45, 7) is 4.62. The summed E-state index contributed by atoms with van der Waals surface area (Å²) in [6, 6.07) is 25.2. The Labute approximate surface area is 178 Å². The predicted molar refractivity (Wildman–Crippen MR) is 113 cm³/mol. The molecule has 1 aromatic heterocycles. The van der Waals surface area contributed by atoms with E-state index in [-0.39, 0.29) is 25.5 Å². The third-order valence-corrected chi connectivity index (χ3v) is 6.13. The normalized spacial score (nSPS) is 14.6. The van der Waals surface area contributed by atoms with Crippen LogP contribution in [0, 0.1) is 6.07 Å². The molecule has 4 aromatic rings. The first-order chi connectivity index (χ1) is 13.1. The summed E-state index contributed by atoms with van der Waals surface area (Å²) in [5, 5.41) is 1.26. The van der Waals surface area contributed by atoms with Crippen LogP contribution in [0.3, 0.4) is 0 Å². The van der Waals surface area contributed by atoms with Crippen LogP contribution in [0.5, 0.6) is 0 Å². The van der Waals surface area contributed by atoms with E-state index in [0.717, 1.165) is 16.8 Å². The molecule has 137 valence electrons. The molecule has 3 aromatic carbocycles. The van der Waals surface area contributed by atoms with E-state index in [9.17, 15) is 0 Å². The average molecular weight is 537 g/mol. The van der Waals surface area contributed by atoms with Crippen molar-refractivity contribution in [2.75, 3.05) is 0 Å². The van der Waals surface area contributed by atoms with Crippen molar-refractivity contribution in [1.82, 2.24) is 4.98 Å². The van der Waals surface area contributed by atoms with E-state index >= 15 is 0 Å². The maximum Gasteiger partial charge on any atom is 0.0607 e. The molecule has 0 fully saturated rings. The summed E-state index contributed by atoms with van der Waals surface area (Å²) in [7, 11) is 0. The first-order valence-electron chi connectivity index (χ1n) is 9.41. The zero-order chi connectivity index (χ0) is 18.2. The van der Waals surface area contributed by atoms with Gasteiger partial charge in [-0.25, -0.2) is 0 Å². The smallest absolute Gasteiger partial charge is 0.0607 e. The molecule has 2 heteroatoms. The number of benzene rings is 3. The van der Waals surface area contributed by atoms with E-state index < -0.39 is 0 Å². The van der Waals surface area contributed by atoms with Crippen molar-refractivity contribution >= 4 is 23.1 Å². The molecule has 1 radical (unpaired) electrons. The van der Waals surface area contributed by atoms with Crippen molar-refractivity contribution in [2.45, 2.75) is 19.3 Å². The molecule has 0 spiro atoms. The second-order valence-corrected chi connectivity index (χ2v) is 8.02. The van der Waals surface area contributed by atoms with Gasteiger partial charge in [0.05, 0.1) is 5.52 Å². The van der Waals surface area contributed by atoms with E-state index in [0.29, 0.717) is 0 Å². The van der Waals surface area contributed by atoms with E-state index in [2.05, 4.69) is 92.7 Å². The molecular formula is C26H18IrN-. The molecule has 0 atom stereocenters. The maximum atomic E-state index is 4.96. The number of hydrogen-bond donors (Lipinski definition) is 0. The Hall–Kier alpha value is -2.54. The molecule has 2 aliphatic carbocycles. The molecule has 1 nitrogen and oxygen atoms in total. The molecule has 0 saturated carbocycles. The number of fused-ring (bicyclic) bond motifs is 3. The summed E-state index contributed by atoms with van der Waals surface area (Å²) < 4.78 is 0. The second-order valence-electron chi connectivity index (χ2n) is 8.02. The molecule has 0 saturated heterocycles. The van der Waals surface area contributed by atoms with Crippen LogP contribution in [-0.4, -0.2) is 4.98 Å². The van der Waals surface area contributed by atoms with Crippen molar-refractivity contribution in [1.29, 1.82) is 0 Å². The van der Waals surface area contributed by atoms with E-state index in [4.69, 9.17) is 4.98 Å². The molecular weight excluding hydrogens is 519 g/mol. The van der Waals surface area contributed by atoms with Gasteiger partial charge in [-0.3, -0.25) is 4.98 Å². The minimum Gasteiger partial charge on any atom is -0.296 e. The molecule has 28 heavy (non-hydrogen) atoms. The second kappa shape index (κ2) is 5.98. The van der Waals surface area contributed by atoms with Crippen molar-refractivity contribution in [3.05, 3.63) is 89.0 Å². The van der Waals surface area contributed by atoms with Gasteiger partial charge in [0.1, 0.15) is 0 Å². The zero-order valence-electron chi connectivity index (χ0n) is 15.7. The van der Waals surface area contributed by atoms with Crippen LogP contribution in [0.4, 0.5) is 0 Å². The van der Waals surface area contributed by atoms with Crippen molar-refractivity contribution in [3.8, 4) is 22.4 Å². The Morgan fingerprint density at radius 3 is 2.54 bits per heavy atom. The predicted octanol–water partition coefficient (Wildman–Crippen LogP) is 6.49. The standard InChI is InChI=1S/C26H18N.Ir/c1-26(2)21-8-4-3-7-19(21)20-13-12-17(14-22(20)26)24-15-18-11-10-16-6-5-9-23(27-24)25(16)18;/h3-11,13-15H,1-2H3;/q-1;. The van der Waals surface area contributed by atoms with Crippen molar-refractivity contribution in [2.24, 2.45) is 0 Å². The summed E-state index contributed by atoms with van der Waals surface area (Å²) in [6.07, 6.45) is 4.37. The van der Waals surface area contributed by atoms with Crippen LogP contribution in [0.2, 0.25) is 0 Å². The van der Waals surface area contributed by atoms with Gasteiger partial charge in [-0.05, 0) is 33.9 Å². The Morgan fingerprint density at radius 1 is 0.821 bits per heavy atom. The fourth-order valence-corrected chi connectivity index (χ4v) is 4.72. The van der Waals surface area contributed by atoms with Crippen molar-refractivity contribution in [3.63, 3.8) is 0 Å². The largest absolute Gasteiger partial charge is 0.296 e. The molecule has 0 amide bonds. The Morgan fingerprint density at radius 2 is 1.64 bits per heavy atom. The van der Waals surface area contributed by atoms with Gasteiger partial charge < -0.3 is 0 Å². The first kappa shape index (κ1) is 17.6. The number of hydrogen-bond acceptors (Lipinski definition) is 1. The molecule has 0 unspecified atom stereocenters. The van der Waals surface area contributed by atoms with E-state index in [1.807, 2.05) is 0 Å². The summed E-state index contributed by atoms with van der Waals surface area (Å²) in [4.78, 5) is 4.96. The van der Waals surface area contributed by atoms with Crippen LogP contribution in [0.25, 0.3) is 45.4 Å². The van der Waals surface area contributed by atoms with Gasteiger partial charge in [0.25, 0.3) is 0 Å². The Bertz CT molecular complexity index is 1300. The molecule has 1 heterocycles. The minimum absolute atomic E-state index is 0. The molecule has 0 N–H and O–H groups in total. The summed E-state index contributed by atoms with van der Waals surface area (Å²) in [5.41, 5.74) is 11.0. The third kappa shape index (κ3) is 2.25. The summed E-state index contributed by atoms with van der Waals surface area (Å²) >= 11 is 0. The van der Waals surface area contributed by atoms with Crippen LogP contribution in [0.1, 0.15) is 36.1 Å². The van der Waals surface area contributed by atoms with Gasteiger partial charge in [0.2, 0.25) is 0 Å². The minimum atomic E-state index is -0.00349. The van der Waals surface area contributed by atoms with Gasteiger partial charge in [-0.15, -0.1) is 29.3 Å². The number of rotatable bonds is 1. The molecule has 2 aliphatic rings. The molecule has 0 aliphatic heterocycles. The van der Waals surface area contributed by atoms with Crippen LogP contribution in [-0.2, 0) is 25.5 Å². The van der Waals surface area contributed by atoms with Gasteiger partial charge in [0.15, 0.2) is 0 Å². The van der Waals surface area contributed by atoms with Crippen LogP contribution < -0.4 is 0 Å². The van der Waals surface area contributed by atoms with Gasteiger partial charge in [-0.1, -0.05) is 79.6 Å². The van der Waals surface area contributed by atoms with Gasteiger partial charge >= 0.3 is 0 Å². The summed E-state index contributed by atoms with van der Waals surface area (Å²) in [5.74, 6) is 0. The average Bonchev–Trinajstić information content (AvgIpc) is 3.21. The SMILES string of the molecule is CC1(C)c2ccccc2-c2c[c-]c(-c3cc4c5c(cccc5n3)C=C4)cc21.[Ir]. The zero-order valence-corrected chi connectivity index (χ0v) is 18.1. The fraction of sp³-hybridized carbons (Fsp3) is 0.115. The van der Waals surface area contributed by atoms with E-state index in [1.54, 1.807) is 0 Å². The first-order valence-corrected chi connectivity index (χ1v) is 9.41. The Balaban J connectivity index is 0.00000171.